The molecule has 3 aromatic rings. The van der Waals surface area contributed by atoms with Crippen molar-refractivity contribution >= 4 is 11.7 Å². The molecule has 0 bridgehead atoms. The number of carbonyl (C=O) groups excluding carboxylic acids is 1. The quantitative estimate of drug-likeness (QED) is 0.579. The van der Waals surface area contributed by atoms with Crippen LogP contribution in [0.1, 0.15) is 40.7 Å². The number of benzene rings is 1. The molecule has 1 N–H and O–H groups in total. The first-order chi connectivity index (χ1) is 16.8. The number of nitrogens with one attached hydrogen (secondary N) is 1. The van der Waals surface area contributed by atoms with Gasteiger partial charge in [-0.25, -0.2) is 15.0 Å². The van der Waals surface area contributed by atoms with Gasteiger partial charge in [-0.1, -0.05) is 0 Å². The standard InChI is InChI=1S/C25H21F3N6O/c26-25(27,28)17-4-7-22(32-13-17)33-14-18-5-3-16-11-21(16)34(18)24(35)20-10-15(12-29)2-6-19(20)23-30-8-1-9-31-23/h1-2,4,6-10,13,16,18,21H,3,5,11,14H2,(H,32,33)/t16-,18-,21?/m0/s1. The lowest BCUT2D eigenvalue weighted by molar-refractivity contribution is -0.137. The molecule has 3 heterocycles. The molecule has 1 aliphatic heterocycles. The third-order valence-electron chi connectivity index (χ3n) is 6.54. The van der Waals surface area contributed by atoms with Gasteiger partial charge in [0.05, 0.1) is 22.8 Å². The molecule has 2 fully saturated rings. The zero-order valence-electron chi connectivity index (χ0n) is 18.5. The summed E-state index contributed by atoms with van der Waals surface area (Å²) in [6.07, 6.45) is 2.19. The molecule has 1 unspecified atom stereocenters. The number of amides is 1. The highest BCUT2D eigenvalue weighted by Crippen LogP contribution is 2.46. The minimum absolute atomic E-state index is 0.0962. The second-order valence-electron chi connectivity index (χ2n) is 8.76. The van der Waals surface area contributed by atoms with E-state index >= 15 is 0 Å². The van der Waals surface area contributed by atoms with Gasteiger partial charge in [0.25, 0.3) is 5.91 Å². The van der Waals surface area contributed by atoms with E-state index in [2.05, 4.69) is 26.3 Å². The molecule has 7 nitrogen and oxygen atoms in total. The number of likely N-dealkylation sites (tertiary alicyclic amines) is 1. The fraction of sp³-hybridized carbons (Fsp3) is 0.320. The van der Waals surface area contributed by atoms with Gasteiger partial charge >= 0.3 is 6.18 Å². The molecule has 1 amide bonds. The highest BCUT2D eigenvalue weighted by molar-refractivity contribution is 6.01. The van der Waals surface area contributed by atoms with Gasteiger partial charge in [0.1, 0.15) is 5.82 Å². The Kier molecular flexibility index (Phi) is 5.84. The number of hydrogen-bond acceptors (Lipinski definition) is 6. The monoisotopic (exact) mass is 478 g/mol. The number of fused-ring (bicyclic) bond motifs is 1. The normalized spacial score (nSPS) is 21.1. The van der Waals surface area contributed by atoms with E-state index in [0.717, 1.165) is 31.5 Å². The molecule has 0 radical (unpaired) electrons. The Balaban J connectivity index is 1.40. The number of alkyl halides is 3. The van der Waals surface area contributed by atoms with Gasteiger partial charge in [-0.3, -0.25) is 4.79 Å². The first-order valence-corrected chi connectivity index (χ1v) is 11.3. The van der Waals surface area contributed by atoms with Crippen molar-refractivity contribution in [3.8, 4) is 17.5 Å². The highest BCUT2D eigenvalue weighted by atomic mass is 19.4. The van der Waals surface area contributed by atoms with Gasteiger partial charge in [-0.2, -0.15) is 18.4 Å². The number of piperidine rings is 1. The number of pyridine rings is 1. The van der Waals surface area contributed by atoms with Crippen LogP contribution in [0.3, 0.4) is 0 Å². The van der Waals surface area contributed by atoms with Gasteiger partial charge in [0.15, 0.2) is 5.82 Å². The summed E-state index contributed by atoms with van der Waals surface area (Å²) in [6, 6.07) is 10.9. The Morgan fingerprint density at radius 1 is 1.14 bits per heavy atom. The van der Waals surface area contributed by atoms with Gasteiger partial charge in [-0.15, -0.1) is 0 Å². The molecule has 1 saturated heterocycles. The van der Waals surface area contributed by atoms with E-state index in [-0.39, 0.29) is 18.0 Å². The predicted octanol–water partition coefficient (Wildman–Crippen LogP) is 4.53. The number of carbonyl (C=O) groups is 1. The van der Waals surface area contributed by atoms with Crippen molar-refractivity contribution in [3.05, 3.63) is 71.7 Å². The fourth-order valence-electron chi connectivity index (χ4n) is 4.67. The SMILES string of the molecule is N#Cc1ccc(-c2ncccn2)c(C(=O)N2C3C[C@@H]3CC[C@H]2CNc2ccc(C(F)(F)F)cn2)c1. The van der Waals surface area contributed by atoms with Crippen molar-refractivity contribution in [1.29, 1.82) is 5.26 Å². The molecule has 1 aliphatic carbocycles. The van der Waals surface area contributed by atoms with Crippen LogP contribution in [0.15, 0.2) is 55.0 Å². The molecule has 0 spiro atoms. The van der Waals surface area contributed by atoms with Crippen LogP contribution < -0.4 is 5.32 Å². The summed E-state index contributed by atoms with van der Waals surface area (Å²) in [4.78, 5) is 28.2. The number of hydrogen-bond donors (Lipinski definition) is 1. The molecule has 1 saturated carbocycles. The van der Waals surface area contributed by atoms with Crippen LogP contribution in [-0.4, -0.2) is 44.4 Å². The summed E-state index contributed by atoms with van der Waals surface area (Å²) in [7, 11) is 0. The molecular formula is C25H21F3N6O. The van der Waals surface area contributed by atoms with Crippen LogP contribution in [0, 0.1) is 17.2 Å². The molecule has 2 aromatic heterocycles. The molecule has 3 atom stereocenters. The predicted molar refractivity (Wildman–Crippen MR) is 121 cm³/mol. The van der Waals surface area contributed by atoms with Gasteiger partial charge in [-0.05, 0) is 61.6 Å². The number of nitriles is 1. The zero-order chi connectivity index (χ0) is 24.6. The summed E-state index contributed by atoms with van der Waals surface area (Å²) < 4.78 is 38.5. The summed E-state index contributed by atoms with van der Waals surface area (Å²) >= 11 is 0. The molecule has 10 heteroatoms. The summed E-state index contributed by atoms with van der Waals surface area (Å²) in [5, 5.41) is 12.5. The van der Waals surface area contributed by atoms with Crippen LogP contribution in [0.4, 0.5) is 19.0 Å². The fourth-order valence-corrected chi connectivity index (χ4v) is 4.67. The average Bonchev–Trinajstić information content (AvgIpc) is 3.66. The first-order valence-electron chi connectivity index (χ1n) is 11.3. The Hall–Kier alpha value is -4.00. The Bertz CT molecular complexity index is 1270. The Morgan fingerprint density at radius 2 is 1.94 bits per heavy atom. The van der Waals surface area contributed by atoms with Crippen molar-refractivity contribution in [1.82, 2.24) is 19.9 Å². The lowest BCUT2D eigenvalue weighted by Crippen LogP contribution is -2.48. The van der Waals surface area contributed by atoms with E-state index in [4.69, 9.17) is 0 Å². The zero-order valence-corrected chi connectivity index (χ0v) is 18.5. The van der Waals surface area contributed by atoms with E-state index in [1.54, 1.807) is 36.7 Å². The van der Waals surface area contributed by atoms with Crippen molar-refractivity contribution in [2.24, 2.45) is 5.92 Å². The Morgan fingerprint density at radius 3 is 2.63 bits per heavy atom. The lowest BCUT2D eigenvalue weighted by atomic mass is 9.97. The Labute approximate surface area is 199 Å². The molecule has 1 aromatic carbocycles. The number of aromatic nitrogens is 3. The topological polar surface area (TPSA) is 94.8 Å². The molecule has 5 rings (SSSR count). The summed E-state index contributed by atoms with van der Waals surface area (Å²) in [5.41, 5.74) is 0.460. The average molecular weight is 478 g/mol. The van der Waals surface area contributed by atoms with E-state index in [1.165, 1.54) is 6.07 Å². The smallest absolute Gasteiger partial charge is 0.368 e. The molecular weight excluding hydrogens is 457 g/mol. The van der Waals surface area contributed by atoms with Crippen LogP contribution in [-0.2, 0) is 6.18 Å². The van der Waals surface area contributed by atoms with E-state index in [0.29, 0.717) is 40.8 Å². The molecule has 35 heavy (non-hydrogen) atoms. The first kappa shape index (κ1) is 22.8. The van der Waals surface area contributed by atoms with E-state index < -0.39 is 11.7 Å². The minimum Gasteiger partial charge on any atom is -0.368 e. The lowest BCUT2D eigenvalue weighted by Gasteiger charge is -2.36. The minimum atomic E-state index is -4.45. The number of anilines is 1. The van der Waals surface area contributed by atoms with E-state index in [9.17, 15) is 23.2 Å². The third-order valence-corrected chi connectivity index (χ3v) is 6.54. The maximum atomic E-state index is 13.9. The van der Waals surface area contributed by atoms with Crippen LogP contribution >= 0.6 is 0 Å². The second-order valence-corrected chi connectivity index (χ2v) is 8.76. The van der Waals surface area contributed by atoms with Crippen molar-refractivity contribution in [2.75, 3.05) is 11.9 Å². The maximum absolute atomic E-state index is 13.9. The van der Waals surface area contributed by atoms with Gasteiger partial charge in [0.2, 0.25) is 0 Å². The van der Waals surface area contributed by atoms with Crippen molar-refractivity contribution in [2.45, 2.75) is 37.5 Å². The van der Waals surface area contributed by atoms with Gasteiger partial charge in [0, 0.05) is 42.8 Å². The molecule has 178 valence electrons. The third kappa shape index (κ3) is 4.67. The number of nitrogens with zero attached hydrogens (tertiary/aromatic N) is 5. The van der Waals surface area contributed by atoms with Crippen molar-refractivity contribution in [3.63, 3.8) is 0 Å². The van der Waals surface area contributed by atoms with Gasteiger partial charge < -0.3 is 10.2 Å². The number of halogens is 3. The summed E-state index contributed by atoms with van der Waals surface area (Å²) in [5.74, 6) is 0.945. The molecule has 2 aliphatic rings. The largest absolute Gasteiger partial charge is 0.417 e. The van der Waals surface area contributed by atoms with Crippen molar-refractivity contribution < 1.29 is 18.0 Å². The second kappa shape index (κ2) is 8.98. The maximum Gasteiger partial charge on any atom is 0.417 e. The number of rotatable bonds is 5. The summed E-state index contributed by atoms with van der Waals surface area (Å²) in [6.45, 7) is 0.350. The highest BCUT2D eigenvalue weighted by Gasteiger charge is 2.50. The van der Waals surface area contributed by atoms with Crippen LogP contribution in [0.2, 0.25) is 0 Å². The van der Waals surface area contributed by atoms with Crippen LogP contribution in [0.25, 0.3) is 11.4 Å². The van der Waals surface area contributed by atoms with Crippen LogP contribution in [0.5, 0.6) is 0 Å². The van der Waals surface area contributed by atoms with E-state index in [1.807, 2.05) is 4.90 Å².